The topological polar surface area (TPSA) is 29.1 Å². The Hall–Kier alpha value is -0.960. The summed E-state index contributed by atoms with van der Waals surface area (Å²) in [5.41, 5.74) is 1.08. The lowest BCUT2D eigenvalue weighted by Gasteiger charge is -1.98. The van der Waals surface area contributed by atoms with E-state index in [0.717, 1.165) is 10.5 Å². The molecule has 1 aromatic rings. The number of rotatable bonds is 3. The molecule has 0 atom stereocenters. The number of hydrogen-bond donors (Lipinski definition) is 2. The molecule has 1 N–H and O–H groups in total. The molecule has 0 aromatic heterocycles. The lowest BCUT2D eigenvalue weighted by atomic mass is 10.2. The fourth-order valence-corrected chi connectivity index (χ4v) is 0.922. The Morgan fingerprint density at radius 1 is 1.36 bits per heavy atom. The fraction of sp³-hybridized carbons (Fsp3) is 0.125. The van der Waals surface area contributed by atoms with Gasteiger partial charge >= 0.3 is 0 Å². The molecule has 11 heavy (non-hydrogen) atoms. The summed E-state index contributed by atoms with van der Waals surface area (Å²) >= 11 is 4.13. The van der Waals surface area contributed by atoms with Crippen LogP contribution < -0.4 is 5.32 Å². The first kappa shape index (κ1) is 8.14. The molecule has 0 saturated carbocycles. The molecule has 2 nitrogen and oxygen atoms in total. The maximum Gasteiger partial charge on any atom is 0.207 e. The third-order valence-electron chi connectivity index (χ3n) is 1.33. The van der Waals surface area contributed by atoms with Crippen LogP contribution in [0.5, 0.6) is 0 Å². The summed E-state index contributed by atoms with van der Waals surface area (Å²) in [4.78, 5) is 10.8. The van der Waals surface area contributed by atoms with Gasteiger partial charge in [0, 0.05) is 11.4 Å². The molecule has 1 amide bonds. The zero-order valence-corrected chi connectivity index (χ0v) is 6.84. The average molecular weight is 167 g/mol. The van der Waals surface area contributed by atoms with Crippen LogP contribution in [0.2, 0.25) is 0 Å². The average Bonchev–Trinajstić information content (AvgIpc) is 2.04. The van der Waals surface area contributed by atoms with Gasteiger partial charge in [0.25, 0.3) is 0 Å². The molecule has 0 bridgehead atoms. The van der Waals surface area contributed by atoms with E-state index in [4.69, 9.17) is 0 Å². The van der Waals surface area contributed by atoms with E-state index in [1.54, 1.807) is 0 Å². The lowest BCUT2D eigenvalue weighted by molar-refractivity contribution is -0.109. The van der Waals surface area contributed by atoms with E-state index in [1.807, 2.05) is 24.3 Å². The summed E-state index contributed by atoms with van der Waals surface area (Å²) in [7, 11) is 0. The highest BCUT2D eigenvalue weighted by molar-refractivity contribution is 7.80. The van der Waals surface area contributed by atoms with E-state index in [2.05, 4.69) is 17.9 Å². The number of thiol groups is 1. The Labute approximate surface area is 71.0 Å². The van der Waals surface area contributed by atoms with Crippen molar-refractivity contribution < 1.29 is 4.79 Å². The van der Waals surface area contributed by atoms with Crippen molar-refractivity contribution in [1.29, 1.82) is 0 Å². The van der Waals surface area contributed by atoms with Crippen molar-refractivity contribution >= 4 is 19.0 Å². The van der Waals surface area contributed by atoms with Crippen LogP contribution in [-0.2, 0) is 11.3 Å². The van der Waals surface area contributed by atoms with Gasteiger partial charge in [-0.1, -0.05) is 12.1 Å². The number of hydrogen-bond acceptors (Lipinski definition) is 2. The summed E-state index contributed by atoms with van der Waals surface area (Å²) in [6.45, 7) is 0.581. The molecule has 0 aliphatic heterocycles. The lowest BCUT2D eigenvalue weighted by Crippen LogP contribution is -2.09. The molecule has 0 saturated heterocycles. The first-order valence-electron chi connectivity index (χ1n) is 3.28. The van der Waals surface area contributed by atoms with Crippen molar-refractivity contribution in [3.8, 4) is 0 Å². The molecule has 0 aliphatic carbocycles. The van der Waals surface area contributed by atoms with Crippen LogP contribution in [0.25, 0.3) is 0 Å². The minimum absolute atomic E-state index is 0.581. The second kappa shape index (κ2) is 4.03. The van der Waals surface area contributed by atoms with Crippen molar-refractivity contribution in [3.63, 3.8) is 0 Å². The molecule has 0 spiro atoms. The van der Waals surface area contributed by atoms with Gasteiger partial charge in [-0.2, -0.15) is 0 Å². The zero-order chi connectivity index (χ0) is 8.10. The van der Waals surface area contributed by atoms with E-state index in [9.17, 15) is 4.79 Å². The number of carbonyl (C=O) groups excluding carboxylic acids is 1. The monoisotopic (exact) mass is 167 g/mol. The van der Waals surface area contributed by atoms with Crippen LogP contribution in [0.15, 0.2) is 29.2 Å². The van der Waals surface area contributed by atoms with Crippen molar-refractivity contribution in [2.75, 3.05) is 0 Å². The van der Waals surface area contributed by atoms with E-state index >= 15 is 0 Å². The van der Waals surface area contributed by atoms with Crippen molar-refractivity contribution in [1.82, 2.24) is 5.32 Å². The summed E-state index contributed by atoms with van der Waals surface area (Å²) in [6.07, 6.45) is 0.689. The van der Waals surface area contributed by atoms with Crippen molar-refractivity contribution in [2.24, 2.45) is 0 Å². The van der Waals surface area contributed by atoms with E-state index in [0.29, 0.717) is 13.0 Å². The maximum atomic E-state index is 9.92. The van der Waals surface area contributed by atoms with Gasteiger partial charge in [-0.15, -0.1) is 12.6 Å². The second-order valence-corrected chi connectivity index (χ2v) is 2.68. The Kier molecular flexibility index (Phi) is 2.98. The summed E-state index contributed by atoms with van der Waals surface area (Å²) in [6, 6.07) is 7.65. The predicted molar refractivity (Wildman–Crippen MR) is 46.6 cm³/mol. The molecule has 0 fully saturated rings. The highest BCUT2D eigenvalue weighted by Gasteiger charge is 1.89. The normalized spacial score (nSPS) is 9.18. The quantitative estimate of drug-likeness (QED) is 0.514. The highest BCUT2D eigenvalue weighted by Crippen LogP contribution is 2.06. The van der Waals surface area contributed by atoms with Crippen LogP contribution >= 0.6 is 12.6 Å². The van der Waals surface area contributed by atoms with Crippen molar-refractivity contribution in [2.45, 2.75) is 11.4 Å². The van der Waals surface area contributed by atoms with Gasteiger partial charge in [0.1, 0.15) is 0 Å². The van der Waals surface area contributed by atoms with Gasteiger partial charge in [0.05, 0.1) is 0 Å². The Morgan fingerprint density at radius 3 is 2.55 bits per heavy atom. The van der Waals surface area contributed by atoms with Gasteiger partial charge in [-0.05, 0) is 17.7 Å². The van der Waals surface area contributed by atoms with E-state index < -0.39 is 0 Å². The Bertz CT molecular complexity index is 232. The molecule has 3 heteroatoms. The van der Waals surface area contributed by atoms with Gasteiger partial charge < -0.3 is 5.32 Å². The van der Waals surface area contributed by atoms with Crippen LogP contribution in [0.1, 0.15) is 5.56 Å². The number of amides is 1. The van der Waals surface area contributed by atoms with Gasteiger partial charge in [0.15, 0.2) is 0 Å². The first-order chi connectivity index (χ1) is 5.33. The minimum atomic E-state index is 0.581. The van der Waals surface area contributed by atoms with Crippen LogP contribution in [0.4, 0.5) is 0 Å². The molecular formula is C8H9NOS. The van der Waals surface area contributed by atoms with Gasteiger partial charge in [0.2, 0.25) is 6.41 Å². The summed E-state index contributed by atoms with van der Waals surface area (Å²) < 4.78 is 0. The number of carbonyl (C=O) groups is 1. The molecule has 0 unspecified atom stereocenters. The summed E-state index contributed by atoms with van der Waals surface area (Å²) in [5, 5.41) is 2.58. The van der Waals surface area contributed by atoms with Gasteiger partial charge in [-0.3, -0.25) is 4.79 Å². The molecule has 0 radical (unpaired) electrons. The number of nitrogens with one attached hydrogen (secondary N) is 1. The molecule has 0 heterocycles. The Balaban J connectivity index is 2.58. The standard InChI is InChI=1S/C8H9NOS/c10-6-9-5-7-1-3-8(11)4-2-7/h1-4,6,11H,5H2,(H,9,10). The first-order valence-corrected chi connectivity index (χ1v) is 3.72. The maximum absolute atomic E-state index is 9.92. The third-order valence-corrected chi connectivity index (χ3v) is 1.62. The second-order valence-electron chi connectivity index (χ2n) is 2.17. The van der Waals surface area contributed by atoms with Crippen LogP contribution in [0, 0.1) is 0 Å². The summed E-state index contributed by atoms with van der Waals surface area (Å²) in [5.74, 6) is 0. The smallest absolute Gasteiger partial charge is 0.207 e. The number of benzene rings is 1. The zero-order valence-electron chi connectivity index (χ0n) is 5.95. The Morgan fingerprint density at radius 2 is 2.00 bits per heavy atom. The van der Waals surface area contributed by atoms with Crippen LogP contribution in [0.3, 0.4) is 0 Å². The molecule has 1 rings (SSSR count). The third kappa shape index (κ3) is 2.63. The molecule has 1 aromatic carbocycles. The largest absolute Gasteiger partial charge is 0.355 e. The highest BCUT2D eigenvalue weighted by atomic mass is 32.1. The molecular weight excluding hydrogens is 158 g/mol. The SMILES string of the molecule is O=CNCc1ccc(S)cc1. The van der Waals surface area contributed by atoms with Gasteiger partial charge in [-0.25, -0.2) is 0 Å². The van der Waals surface area contributed by atoms with E-state index in [1.165, 1.54) is 0 Å². The predicted octanol–water partition coefficient (Wildman–Crippen LogP) is 1.22. The van der Waals surface area contributed by atoms with Crippen molar-refractivity contribution in [3.05, 3.63) is 29.8 Å². The molecule has 0 aliphatic rings. The molecule has 58 valence electrons. The van der Waals surface area contributed by atoms with Crippen LogP contribution in [-0.4, -0.2) is 6.41 Å². The minimum Gasteiger partial charge on any atom is -0.355 e. The fourth-order valence-electron chi connectivity index (χ4n) is 0.773. The van der Waals surface area contributed by atoms with E-state index in [-0.39, 0.29) is 0 Å².